The topological polar surface area (TPSA) is 252 Å². The Hall–Kier alpha value is -2.07. The van der Waals surface area contributed by atoms with Crippen LogP contribution in [0.3, 0.4) is 0 Å². The van der Waals surface area contributed by atoms with E-state index < -0.39 is 61.2 Å². The average molecular weight is 959 g/mol. The van der Waals surface area contributed by atoms with Gasteiger partial charge in [-0.1, -0.05) is 83.1 Å². The van der Waals surface area contributed by atoms with Crippen molar-refractivity contribution in [3.63, 3.8) is 0 Å². The molecule has 19 nitrogen and oxygen atoms in total. The summed E-state index contributed by atoms with van der Waals surface area (Å²) in [5.74, 6) is -2.33. The molecule has 7 atom stereocenters. The minimum Gasteiger partial charge on any atom is -0.756 e. The third-order valence-electron chi connectivity index (χ3n) is 10.8. The predicted molar refractivity (Wildman–Crippen MR) is 235 cm³/mol. The summed E-state index contributed by atoms with van der Waals surface area (Å²) >= 11 is 0. The van der Waals surface area contributed by atoms with Gasteiger partial charge in [0.15, 0.2) is 11.9 Å². The first-order chi connectivity index (χ1) is 30.2. The van der Waals surface area contributed by atoms with Crippen molar-refractivity contribution in [3.05, 3.63) is 12.2 Å². The quantitative estimate of drug-likeness (QED) is 0.0136. The number of nitrogens with one attached hydrogen (secondary N) is 1. The number of rotatable bonds is 38. The number of unbranched alkanes of at least 4 members (excludes halogenated alkanes) is 14. The Balaban J connectivity index is 1.63. The molecule has 21 heteroatoms. The molecule has 374 valence electrons. The van der Waals surface area contributed by atoms with Gasteiger partial charge in [-0.3, -0.25) is 18.7 Å². The van der Waals surface area contributed by atoms with Gasteiger partial charge in [0.1, 0.15) is 32.0 Å². The Morgan fingerprint density at radius 1 is 0.859 bits per heavy atom. The smallest absolute Gasteiger partial charge is 0.333 e. The summed E-state index contributed by atoms with van der Waals surface area (Å²) in [5, 5.41) is 9.16. The molecule has 2 aliphatic heterocycles. The number of phosphoric acid groups is 1. The number of carbonyl (C=O) groups excluding carboxylic acids is 3. The van der Waals surface area contributed by atoms with E-state index in [0.29, 0.717) is 36.9 Å². The molecule has 2 saturated heterocycles. The molecule has 0 amide bonds. The summed E-state index contributed by atoms with van der Waals surface area (Å²) in [6, 6.07) is -0.858. The molecule has 0 saturated carbocycles. The first-order valence-electron chi connectivity index (χ1n) is 23.1. The number of aliphatic hydroxyl groups excluding tert-OH is 1. The fraction of sp³-hybridized carbons (Fsp3) is 0.884. The van der Waals surface area contributed by atoms with Crippen molar-refractivity contribution < 1.29 is 83.9 Å². The molecule has 0 aliphatic carbocycles. The maximum absolute atomic E-state index is 12.5. The van der Waals surface area contributed by atoms with Crippen LogP contribution in [-0.4, -0.2) is 144 Å². The van der Waals surface area contributed by atoms with Gasteiger partial charge in [-0.15, -0.1) is 0 Å². The van der Waals surface area contributed by atoms with E-state index in [2.05, 4.69) is 0 Å². The van der Waals surface area contributed by atoms with Crippen molar-refractivity contribution in [3.8, 4) is 0 Å². The maximum atomic E-state index is 12.5. The Morgan fingerprint density at radius 3 is 2.08 bits per heavy atom. The van der Waals surface area contributed by atoms with Crippen LogP contribution >= 0.6 is 7.82 Å². The van der Waals surface area contributed by atoms with Gasteiger partial charge in [-0.05, 0) is 38.5 Å². The average Bonchev–Trinajstić information content (AvgIpc) is 3.49. The van der Waals surface area contributed by atoms with E-state index >= 15 is 0 Å². The third-order valence-corrected chi connectivity index (χ3v) is 12.4. The molecule has 0 aromatic rings. The van der Waals surface area contributed by atoms with Gasteiger partial charge in [0.05, 0.1) is 53.1 Å². The van der Waals surface area contributed by atoms with E-state index in [1.54, 1.807) is 6.08 Å². The molecule has 2 aliphatic rings. The number of carbonyl (C=O) groups is 3. The zero-order chi connectivity index (χ0) is 47.5. The Bertz CT molecular complexity index is 1530. The molecule has 0 radical (unpaired) electrons. The fourth-order valence-corrected chi connectivity index (χ4v) is 8.81. The molecule has 0 aromatic carbocycles. The summed E-state index contributed by atoms with van der Waals surface area (Å²) in [5.41, 5.74) is 0. The summed E-state index contributed by atoms with van der Waals surface area (Å²) in [4.78, 5) is 47.9. The molecule has 2 bridgehead atoms. The van der Waals surface area contributed by atoms with Gasteiger partial charge in [0.25, 0.3) is 7.82 Å². The molecule has 2 heterocycles. The van der Waals surface area contributed by atoms with E-state index in [4.69, 9.17) is 47.1 Å². The zero-order valence-electron chi connectivity index (χ0n) is 39.0. The Labute approximate surface area is 381 Å². The lowest BCUT2D eigenvalue weighted by atomic mass is 9.94. The van der Waals surface area contributed by atoms with Gasteiger partial charge >= 0.3 is 28.2 Å². The van der Waals surface area contributed by atoms with Crippen molar-refractivity contribution >= 4 is 36.0 Å². The van der Waals surface area contributed by atoms with Crippen molar-refractivity contribution in [2.45, 2.75) is 179 Å². The molecule has 0 aromatic heterocycles. The van der Waals surface area contributed by atoms with Gasteiger partial charge in [-0.25, -0.2) is 4.79 Å². The normalized spacial score (nSPS) is 22.0. The first-order valence-corrected chi connectivity index (χ1v) is 26.0. The zero-order valence-corrected chi connectivity index (χ0v) is 40.7. The van der Waals surface area contributed by atoms with E-state index in [-0.39, 0.29) is 44.1 Å². The minimum atomic E-state index is -4.68. The van der Waals surface area contributed by atoms with Crippen molar-refractivity contribution in [2.24, 2.45) is 0 Å². The summed E-state index contributed by atoms with van der Waals surface area (Å²) in [6.45, 7) is 2.01. The highest BCUT2D eigenvalue weighted by Crippen LogP contribution is 2.45. The number of quaternary nitrogens is 1. The van der Waals surface area contributed by atoms with E-state index in [1.807, 2.05) is 25.9 Å². The number of ether oxygens (including phenoxy) is 6. The molecular formula is C43H79N2O17PS. The van der Waals surface area contributed by atoms with E-state index in [0.717, 1.165) is 77.0 Å². The second-order valence-electron chi connectivity index (χ2n) is 17.9. The number of likely N-dealkylation sites (N-methyl/N-ethyl adjacent to an activating group) is 1. The van der Waals surface area contributed by atoms with Crippen LogP contribution in [0, 0.1) is 0 Å². The molecule has 2 fully saturated rings. The largest absolute Gasteiger partial charge is 0.756 e. The predicted octanol–water partition coefficient (Wildman–Crippen LogP) is 5.22. The van der Waals surface area contributed by atoms with Crippen LogP contribution in [0.4, 0.5) is 0 Å². The number of phosphoric ester groups is 1. The van der Waals surface area contributed by atoms with E-state index in [1.165, 1.54) is 52.0 Å². The van der Waals surface area contributed by atoms with Crippen LogP contribution in [0.2, 0.25) is 0 Å². The van der Waals surface area contributed by atoms with Gasteiger partial charge in [0, 0.05) is 39.4 Å². The fourth-order valence-electron chi connectivity index (χ4n) is 7.52. The summed E-state index contributed by atoms with van der Waals surface area (Å²) in [7, 11) is -3.40. The molecular weight excluding hydrogens is 880 g/mol. The summed E-state index contributed by atoms with van der Waals surface area (Å²) < 4.78 is 89.3. The van der Waals surface area contributed by atoms with Crippen LogP contribution in [0.25, 0.3) is 0 Å². The number of hydrogen-bond donors (Lipinski definition) is 3. The van der Waals surface area contributed by atoms with Gasteiger partial charge in [0.2, 0.25) is 0 Å². The second kappa shape index (κ2) is 31.1. The molecule has 64 heavy (non-hydrogen) atoms. The standard InChI is InChI=1S/C43H79N2O17PS/c1-35(47)56-33-38(34-58-63(50,51)57-30-28-45(3,4)5)60-41(49)24-20-16-14-15-19-23-40-42-39(59-36(2)48)25-27-43(61-40,62-42)26-21-17-12-10-8-6-7-9-11-13-18-22-29-55-32-37(31-46)44-64(52,53)54/h20,24,37-40,42,44,46H,6-19,21-23,25-34H2,1-5H3,(H-,50,51,52,53,54)/b24-20+/t37-,38+,39-,40-,42+,43-/m0/s1. The SMILES string of the molecule is CC(=O)OC[C@H](COP(=O)([O-])OCC[N+](C)(C)C)OC(=O)/C=C/CCCCC[C@@H]1O[C@]2(CCCCCCCCCCCCCCOC[C@H](CO)NS(=O)(=O)O)CC[C@H](OC(C)=O)[C@H]1O2. The number of aliphatic hydroxyl groups is 1. The number of fused-ring (bicyclic) bond motifs is 2. The van der Waals surface area contributed by atoms with Crippen molar-refractivity contribution in [1.82, 2.24) is 4.72 Å². The van der Waals surface area contributed by atoms with E-state index in [9.17, 15) is 32.3 Å². The molecule has 3 N–H and O–H groups in total. The highest BCUT2D eigenvalue weighted by atomic mass is 32.2. The van der Waals surface area contributed by atoms with Crippen LogP contribution < -0.4 is 9.62 Å². The van der Waals surface area contributed by atoms with Crippen LogP contribution in [-0.2, 0) is 66.7 Å². The third kappa shape index (κ3) is 28.2. The lowest BCUT2D eigenvalue weighted by Crippen LogP contribution is -2.43. The highest BCUT2D eigenvalue weighted by molar-refractivity contribution is 7.83. The molecule has 1 unspecified atom stereocenters. The van der Waals surface area contributed by atoms with Crippen LogP contribution in [0.15, 0.2) is 12.2 Å². The lowest BCUT2D eigenvalue weighted by Gasteiger charge is -2.35. The number of hydrogen-bond acceptors (Lipinski definition) is 16. The highest BCUT2D eigenvalue weighted by Gasteiger charge is 2.54. The van der Waals surface area contributed by atoms with Crippen LogP contribution in [0.1, 0.15) is 142 Å². The first kappa shape index (κ1) is 58.1. The number of nitrogens with zero attached hydrogens (tertiary/aromatic N) is 1. The van der Waals surface area contributed by atoms with Gasteiger partial charge in [-0.2, -0.15) is 13.1 Å². The minimum absolute atomic E-state index is 0.00608. The molecule has 2 rings (SSSR count). The maximum Gasteiger partial charge on any atom is 0.333 e. The number of allylic oxidation sites excluding steroid dienone is 1. The summed E-state index contributed by atoms with van der Waals surface area (Å²) in [6.07, 6.45) is 20.4. The van der Waals surface area contributed by atoms with Gasteiger partial charge < -0.3 is 52.0 Å². The Kier molecular flexibility index (Phi) is 28.2. The molecule has 0 spiro atoms. The number of esters is 3. The van der Waals surface area contributed by atoms with Crippen molar-refractivity contribution in [1.29, 1.82) is 0 Å². The second-order valence-corrected chi connectivity index (χ2v) is 20.5. The monoisotopic (exact) mass is 958 g/mol. The van der Waals surface area contributed by atoms with Crippen molar-refractivity contribution in [2.75, 3.05) is 67.3 Å². The van der Waals surface area contributed by atoms with Crippen LogP contribution in [0.5, 0.6) is 0 Å². The Morgan fingerprint density at radius 2 is 1.48 bits per heavy atom. The lowest BCUT2D eigenvalue weighted by molar-refractivity contribution is -0.870.